The SMILES string of the molecule is [B][C@@H](NC(=O)[C@@H]1[C@H]2CCC[C@H]2CN1C(=O)[C@@H](CC1CCCCC1)NC(=O)c1ccc2ccccc2c1)C(C)C. The van der Waals surface area contributed by atoms with E-state index in [4.69, 9.17) is 7.85 Å². The smallest absolute Gasteiger partial charge is 0.251 e. The minimum Gasteiger partial charge on any atom is -0.360 e. The first-order chi connectivity index (χ1) is 18.8. The fraction of sp³-hybridized carbons (Fsp3) is 0.594. The van der Waals surface area contributed by atoms with Gasteiger partial charge in [0.1, 0.15) is 12.1 Å². The molecule has 0 unspecified atom stereocenters. The molecule has 2 aromatic carbocycles. The van der Waals surface area contributed by atoms with Crippen LogP contribution in [0.15, 0.2) is 42.5 Å². The summed E-state index contributed by atoms with van der Waals surface area (Å²) in [5.74, 6) is -0.00451. The molecule has 6 nitrogen and oxygen atoms in total. The number of hydrogen-bond donors (Lipinski definition) is 2. The van der Waals surface area contributed by atoms with Crippen LogP contribution in [0.3, 0.4) is 0 Å². The van der Waals surface area contributed by atoms with Crippen molar-refractivity contribution in [2.45, 2.75) is 89.7 Å². The molecular formula is C32H42BN3O3. The van der Waals surface area contributed by atoms with E-state index in [1.807, 2.05) is 56.3 Å². The summed E-state index contributed by atoms with van der Waals surface area (Å²) in [5, 5.41) is 8.16. The lowest BCUT2D eigenvalue weighted by molar-refractivity contribution is -0.141. The van der Waals surface area contributed by atoms with Crippen LogP contribution in [0.5, 0.6) is 0 Å². The van der Waals surface area contributed by atoms with Gasteiger partial charge in [0, 0.05) is 12.1 Å². The number of amides is 3. The van der Waals surface area contributed by atoms with Gasteiger partial charge in [-0.3, -0.25) is 14.4 Å². The van der Waals surface area contributed by atoms with Gasteiger partial charge >= 0.3 is 0 Å². The third-order valence-corrected chi connectivity index (χ3v) is 9.38. The van der Waals surface area contributed by atoms with E-state index in [1.165, 1.54) is 6.42 Å². The molecule has 39 heavy (non-hydrogen) atoms. The largest absolute Gasteiger partial charge is 0.360 e. The van der Waals surface area contributed by atoms with E-state index in [1.54, 1.807) is 4.90 Å². The summed E-state index contributed by atoms with van der Waals surface area (Å²) in [6.07, 6.45) is 9.39. The van der Waals surface area contributed by atoms with Crippen LogP contribution >= 0.6 is 0 Å². The van der Waals surface area contributed by atoms with Gasteiger partial charge in [-0.1, -0.05) is 82.7 Å². The lowest BCUT2D eigenvalue weighted by Crippen LogP contribution is -2.56. The fourth-order valence-corrected chi connectivity index (χ4v) is 7.03. The van der Waals surface area contributed by atoms with Crippen LogP contribution in [-0.2, 0) is 9.59 Å². The Labute approximate surface area is 234 Å². The van der Waals surface area contributed by atoms with Crippen molar-refractivity contribution in [2.24, 2.45) is 23.7 Å². The predicted molar refractivity (Wildman–Crippen MR) is 155 cm³/mol. The van der Waals surface area contributed by atoms with Gasteiger partial charge in [-0.25, -0.2) is 0 Å². The van der Waals surface area contributed by atoms with Crippen LogP contribution in [0.1, 0.15) is 82.0 Å². The molecule has 3 fully saturated rings. The Bertz CT molecular complexity index is 1190. The molecular weight excluding hydrogens is 485 g/mol. The van der Waals surface area contributed by atoms with Gasteiger partial charge in [0.05, 0.1) is 7.85 Å². The molecule has 5 atom stereocenters. The van der Waals surface area contributed by atoms with E-state index in [-0.39, 0.29) is 29.6 Å². The van der Waals surface area contributed by atoms with Crippen molar-refractivity contribution < 1.29 is 14.4 Å². The number of carbonyl (C=O) groups is 3. The third kappa shape index (κ3) is 6.18. The van der Waals surface area contributed by atoms with Crippen molar-refractivity contribution in [3.05, 3.63) is 48.0 Å². The van der Waals surface area contributed by atoms with E-state index < -0.39 is 18.0 Å². The average molecular weight is 528 g/mol. The molecule has 206 valence electrons. The molecule has 2 N–H and O–H groups in total. The van der Waals surface area contributed by atoms with Gasteiger partial charge in [-0.2, -0.15) is 0 Å². The molecule has 2 aliphatic carbocycles. The molecule has 1 heterocycles. The molecule has 3 amide bonds. The van der Waals surface area contributed by atoms with Gasteiger partial charge in [0.2, 0.25) is 11.8 Å². The van der Waals surface area contributed by atoms with Crippen molar-refractivity contribution in [3.8, 4) is 0 Å². The monoisotopic (exact) mass is 527 g/mol. The molecule has 0 aromatic heterocycles. The highest BCUT2D eigenvalue weighted by atomic mass is 16.2. The zero-order valence-electron chi connectivity index (χ0n) is 23.4. The molecule has 0 spiro atoms. The Morgan fingerprint density at radius 1 is 0.923 bits per heavy atom. The van der Waals surface area contributed by atoms with Crippen molar-refractivity contribution in [1.82, 2.24) is 15.5 Å². The molecule has 1 aliphatic heterocycles. The zero-order chi connectivity index (χ0) is 27.5. The molecule has 2 radical (unpaired) electrons. The van der Waals surface area contributed by atoms with Crippen LogP contribution in [0.4, 0.5) is 0 Å². The lowest BCUT2D eigenvalue weighted by atomic mass is 9.84. The number of nitrogens with one attached hydrogen (secondary N) is 2. The molecule has 5 rings (SSSR count). The number of likely N-dealkylation sites (tertiary alicyclic amines) is 1. The second-order valence-corrected chi connectivity index (χ2v) is 12.4. The van der Waals surface area contributed by atoms with Crippen molar-refractivity contribution in [2.75, 3.05) is 6.54 Å². The first kappa shape index (κ1) is 27.7. The van der Waals surface area contributed by atoms with Crippen LogP contribution in [0.2, 0.25) is 0 Å². The maximum absolute atomic E-state index is 14.3. The Kier molecular flexibility index (Phi) is 8.63. The van der Waals surface area contributed by atoms with Crippen molar-refractivity contribution in [3.63, 3.8) is 0 Å². The normalized spacial score (nSPS) is 24.9. The Hall–Kier alpha value is -2.83. The summed E-state index contributed by atoms with van der Waals surface area (Å²) >= 11 is 0. The van der Waals surface area contributed by atoms with Crippen molar-refractivity contribution >= 4 is 36.3 Å². The first-order valence-corrected chi connectivity index (χ1v) is 15.0. The molecule has 7 heteroatoms. The van der Waals surface area contributed by atoms with E-state index >= 15 is 0 Å². The highest BCUT2D eigenvalue weighted by Crippen LogP contribution is 2.43. The van der Waals surface area contributed by atoms with Gasteiger partial charge in [0.15, 0.2) is 0 Å². The van der Waals surface area contributed by atoms with Gasteiger partial charge in [-0.15, -0.1) is 0 Å². The Balaban J connectivity index is 1.39. The number of benzene rings is 2. The lowest BCUT2D eigenvalue weighted by Gasteiger charge is -2.33. The summed E-state index contributed by atoms with van der Waals surface area (Å²) in [5.41, 5.74) is 0.547. The zero-order valence-corrected chi connectivity index (χ0v) is 23.4. The third-order valence-electron chi connectivity index (χ3n) is 9.38. The molecule has 1 saturated heterocycles. The van der Waals surface area contributed by atoms with Crippen LogP contribution in [0, 0.1) is 23.7 Å². The molecule has 2 saturated carbocycles. The Morgan fingerprint density at radius 3 is 2.41 bits per heavy atom. The quantitative estimate of drug-likeness (QED) is 0.484. The highest BCUT2D eigenvalue weighted by molar-refractivity contribution is 6.13. The summed E-state index contributed by atoms with van der Waals surface area (Å²) in [6.45, 7) is 4.53. The predicted octanol–water partition coefficient (Wildman–Crippen LogP) is 4.80. The molecule has 0 bridgehead atoms. The number of hydrogen-bond acceptors (Lipinski definition) is 3. The van der Waals surface area contributed by atoms with Crippen LogP contribution in [0.25, 0.3) is 10.8 Å². The van der Waals surface area contributed by atoms with E-state index in [0.717, 1.165) is 55.7 Å². The second-order valence-electron chi connectivity index (χ2n) is 12.4. The van der Waals surface area contributed by atoms with E-state index in [2.05, 4.69) is 10.6 Å². The van der Waals surface area contributed by atoms with Gasteiger partial charge in [0.25, 0.3) is 5.91 Å². The van der Waals surface area contributed by atoms with E-state index in [9.17, 15) is 14.4 Å². The maximum atomic E-state index is 14.3. The first-order valence-electron chi connectivity index (χ1n) is 15.0. The van der Waals surface area contributed by atoms with Crippen LogP contribution < -0.4 is 10.6 Å². The maximum Gasteiger partial charge on any atom is 0.251 e. The summed E-state index contributed by atoms with van der Waals surface area (Å²) in [6, 6.07) is 12.4. The molecule has 2 aromatic rings. The second kappa shape index (κ2) is 12.1. The standard InChI is InChI=1S/C32H42BN3O3/c1-20(2)29(33)35-31(38)28-26-14-8-13-25(26)19-36(28)32(39)27(17-21-9-4-3-5-10-21)34-30(37)24-16-15-22-11-6-7-12-23(22)18-24/h6-7,11-12,15-16,18,20-21,25-29H,3-5,8-10,13-14,17,19H2,1-2H3,(H,34,37)(H,35,38)/t25-,26-,27+,28-,29-/m0/s1. The average Bonchev–Trinajstić information content (AvgIpc) is 3.54. The van der Waals surface area contributed by atoms with Gasteiger partial charge < -0.3 is 15.5 Å². The van der Waals surface area contributed by atoms with E-state index in [0.29, 0.717) is 30.4 Å². The Morgan fingerprint density at radius 2 is 1.67 bits per heavy atom. The number of fused-ring (bicyclic) bond motifs is 2. The topological polar surface area (TPSA) is 78.5 Å². The number of carbonyl (C=O) groups excluding carboxylic acids is 3. The minimum absolute atomic E-state index is 0.0965. The molecule has 3 aliphatic rings. The van der Waals surface area contributed by atoms with Gasteiger partial charge in [-0.05, 0) is 71.8 Å². The van der Waals surface area contributed by atoms with Crippen LogP contribution in [-0.4, -0.2) is 55.0 Å². The highest BCUT2D eigenvalue weighted by Gasteiger charge is 2.50. The summed E-state index contributed by atoms with van der Waals surface area (Å²) < 4.78 is 0. The van der Waals surface area contributed by atoms with Crippen molar-refractivity contribution in [1.29, 1.82) is 0 Å². The summed E-state index contributed by atoms with van der Waals surface area (Å²) in [7, 11) is 6.20. The minimum atomic E-state index is -0.653. The summed E-state index contributed by atoms with van der Waals surface area (Å²) in [4.78, 5) is 43.1. The fourth-order valence-electron chi connectivity index (χ4n) is 7.03. The number of nitrogens with zero attached hydrogens (tertiary/aromatic N) is 1. The number of rotatable bonds is 8.